The molecule has 0 spiro atoms. The molecule has 0 aliphatic carbocycles. The zero-order valence-electron chi connectivity index (χ0n) is 16.5. The lowest BCUT2D eigenvalue weighted by Gasteiger charge is -2.32. The van der Waals surface area contributed by atoms with E-state index in [1.807, 2.05) is 18.1 Å². The Hall–Kier alpha value is -2.83. The maximum atomic E-state index is 9.23. The number of nitrogens with zero attached hydrogens (tertiary/aromatic N) is 2. The van der Waals surface area contributed by atoms with Crippen LogP contribution in [0.5, 0.6) is 0 Å². The number of aliphatic hydroxyl groups is 1. The van der Waals surface area contributed by atoms with Crippen LogP contribution in [0.3, 0.4) is 0 Å². The van der Waals surface area contributed by atoms with Crippen molar-refractivity contribution in [2.45, 2.75) is 20.1 Å². The maximum Gasteiger partial charge on any atom is 0.171 e. The van der Waals surface area contributed by atoms with Gasteiger partial charge in [0, 0.05) is 48.2 Å². The molecule has 6 heteroatoms. The summed E-state index contributed by atoms with van der Waals surface area (Å²) in [4.78, 5) is 10.1. The van der Waals surface area contributed by atoms with Crippen LogP contribution >= 0.6 is 0 Å². The summed E-state index contributed by atoms with van der Waals surface area (Å²) in [6.45, 7) is 5.28. The molecule has 0 radical (unpaired) electrons. The highest BCUT2D eigenvalue weighted by Gasteiger charge is 2.30. The van der Waals surface area contributed by atoms with Crippen LogP contribution < -0.4 is 5.32 Å². The molecule has 0 saturated carbocycles. The number of aromatic amines is 1. The van der Waals surface area contributed by atoms with E-state index in [2.05, 4.69) is 65.7 Å². The summed E-state index contributed by atoms with van der Waals surface area (Å²) in [5, 5.41) is 13.7. The molecule has 1 atom stereocenters. The van der Waals surface area contributed by atoms with Gasteiger partial charge in [0.2, 0.25) is 0 Å². The van der Waals surface area contributed by atoms with Crippen molar-refractivity contribution in [3.8, 4) is 0 Å². The van der Waals surface area contributed by atoms with Gasteiger partial charge < -0.3 is 25.0 Å². The number of fused-ring (bicyclic) bond motifs is 3. The Morgan fingerprint density at radius 3 is 2.96 bits per heavy atom. The fourth-order valence-corrected chi connectivity index (χ4v) is 3.79. The lowest BCUT2D eigenvalue weighted by atomic mass is 9.93. The van der Waals surface area contributed by atoms with Gasteiger partial charge in [0.05, 0.1) is 18.9 Å². The average molecular weight is 378 g/mol. The van der Waals surface area contributed by atoms with Crippen molar-refractivity contribution in [3.63, 3.8) is 0 Å². The van der Waals surface area contributed by atoms with Gasteiger partial charge in [0.15, 0.2) is 6.23 Å². The number of hydrogen-bond acceptors (Lipinski definition) is 5. The molecule has 0 bridgehead atoms. The van der Waals surface area contributed by atoms with Gasteiger partial charge in [-0.25, -0.2) is 4.98 Å². The van der Waals surface area contributed by atoms with Crippen molar-refractivity contribution in [3.05, 3.63) is 65.1 Å². The second kappa shape index (κ2) is 7.66. The van der Waals surface area contributed by atoms with E-state index in [1.54, 1.807) is 0 Å². The largest absolute Gasteiger partial charge is 0.394 e. The number of benzene rings is 1. The van der Waals surface area contributed by atoms with Gasteiger partial charge >= 0.3 is 0 Å². The molecule has 0 fully saturated rings. The summed E-state index contributed by atoms with van der Waals surface area (Å²) in [5.74, 6) is 0. The molecule has 1 aliphatic rings. The lowest BCUT2D eigenvalue weighted by Crippen LogP contribution is -2.27. The topological polar surface area (TPSA) is 73.4 Å². The van der Waals surface area contributed by atoms with E-state index < -0.39 is 0 Å². The molecule has 1 aliphatic heterocycles. The summed E-state index contributed by atoms with van der Waals surface area (Å²) in [5.41, 5.74) is 7.39. The van der Waals surface area contributed by atoms with E-state index in [-0.39, 0.29) is 19.4 Å². The Morgan fingerprint density at radius 2 is 2.18 bits per heavy atom. The number of pyridine rings is 1. The number of H-pyrrole nitrogens is 1. The lowest BCUT2D eigenvalue weighted by molar-refractivity contribution is -0.0452. The van der Waals surface area contributed by atoms with Crippen LogP contribution in [-0.4, -0.2) is 46.8 Å². The standard InChI is InChI=1S/C22H26N4O2/c1-4-23-16-7-5-6-15(11-16)18-13-26(3)22(28-9-8-27)20-19(18)17-10-14(2)12-24-21(17)25-20/h5-7,10-13,22-23,27H,4,8-9H2,1-3H3,(H,24,25). The predicted molar refractivity (Wildman–Crippen MR) is 112 cm³/mol. The number of anilines is 1. The monoisotopic (exact) mass is 378 g/mol. The van der Waals surface area contributed by atoms with E-state index >= 15 is 0 Å². The van der Waals surface area contributed by atoms with E-state index in [0.29, 0.717) is 0 Å². The smallest absolute Gasteiger partial charge is 0.171 e. The summed E-state index contributed by atoms with van der Waals surface area (Å²) in [6, 6.07) is 10.6. The minimum absolute atomic E-state index is 0.0153. The molecule has 3 heterocycles. The molecule has 0 saturated heterocycles. The Balaban J connectivity index is 1.90. The summed E-state index contributed by atoms with van der Waals surface area (Å²) < 4.78 is 5.94. The Kier molecular flexibility index (Phi) is 5.07. The molecule has 1 aromatic carbocycles. The second-order valence-corrected chi connectivity index (χ2v) is 7.09. The van der Waals surface area contributed by atoms with Crippen LogP contribution in [-0.2, 0) is 4.74 Å². The quantitative estimate of drug-likeness (QED) is 0.611. The highest BCUT2D eigenvalue weighted by Crippen LogP contribution is 2.42. The van der Waals surface area contributed by atoms with Crippen molar-refractivity contribution in [1.29, 1.82) is 0 Å². The number of nitrogens with one attached hydrogen (secondary N) is 2. The van der Waals surface area contributed by atoms with Gasteiger partial charge in [-0.15, -0.1) is 0 Å². The SMILES string of the molecule is CCNc1cccc(C2=CN(C)C(OCCO)c3[nH]c4ncc(C)cc4c32)c1. The third-order valence-corrected chi connectivity index (χ3v) is 4.96. The van der Waals surface area contributed by atoms with E-state index in [9.17, 15) is 5.11 Å². The normalized spacial score (nSPS) is 16.2. The Labute approximate surface area is 164 Å². The number of hydrogen-bond donors (Lipinski definition) is 3. The third kappa shape index (κ3) is 3.25. The van der Waals surface area contributed by atoms with Gasteiger partial charge in [-0.1, -0.05) is 12.1 Å². The van der Waals surface area contributed by atoms with E-state index in [0.717, 1.165) is 51.2 Å². The molecular formula is C22H26N4O2. The molecule has 146 valence electrons. The number of aliphatic hydroxyl groups excluding tert-OH is 1. The number of ether oxygens (including phenoxy) is 1. The number of rotatable bonds is 6. The minimum Gasteiger partial charge on any atom is -0.394 e. The molecule has 3 N–H and O–H groups in total. The summed E-state index contributed by atoms with van der Waals surface area (Å²) >= 11 is 0. The first-order chi connectivity index (χ1) is 13.6. The predicted octanol–water partition coefficient (Wildman–Crippen LogP) is 3.65. The first-order valence-electron chi connectivity index (χ1n) is 9.61. The van der Waals surface area contributed by atoms with Crippen LogP contribution in [0.4, 0.5) is 5.69 Å². The Bertz CT molecular complexity index is 1020. The van der Waals surface area contributed by atoms with Crippen molar-refractivity contribution in [1.82, 2.24) is 14.9 Å². The maximum absolute atomic E-state index is 9.23. The van der Waals surface area contributed by atoms with Gasteiger partial charge in [0.1, 0.15) is 5.65 Å². The van der Waals surface area contributed by atoms with Crippen molar-refractivity contribution < 1.29 is 9.84 Å². The van der Waals surface area contributed by atoms with Crippen LogP contribution in [0.25, 0.3) is 16.6 Å². The molecule has 3 aromatic rings. The fraction of sp³-hybridized carbons (Fsp3) is 0.318. The van der Waals surface area contributed by atoms with Crippen molar-refractivity contribution in [2.75, 3.05) is 32.1 Å². The number of aryl methyl sites for hydroxylation is 1. The van der Waals surface area contributed by atoms with Crippen LogP contribution in [0, 0.1) is 6.92 Å². The van der Waals surface area contributed by atoms with Crippen LogP contribution in [0.1, 0.15) is 35.5 Å². The minimum atomic E-state index is -0.294. The Morgan fingerprint density at radius 1 is 1.32 bits per heavy atom. The van der Waals surface area contributed by atoms with E-state index in [1.165, 1.54) is 0 Å². The summed E-state index contributed by atoms with van der Waals surface area (Å²) in [6.07, 6.45) is 3.69. The summed E-state index contributed by atoms with van der Waals surface area (Å²) in [7, 11) is 1.99. The van der Waals surface area contributed by atoms with Gasteiger partial charge in [-0.2, -0.15) is 0 Å². The first kappa shape index (κ1) is 18.5. The first-order valence-corrected chi connectivity index (χ1v) is 9.61. The molecule has 0 amide bonds. The molecule has 28 heavy (non-hydrogen) atoms. The molecule has 4 rings (SSSR count). The second-order valence-electron chi connectivity index (χ2n) is 7.09. The average Bonchev–Trinajstić information content (AvgIpc) is 3.06. The van der Waals surface area contributed by atoms with Crippen LogP contribution in [0.2, 0.25) is 0 Å². The number of aromatic nitrogens is 2. The van der Waals surface area contributed by atoms with E-state index in [4.69, 9.17) is 4.74 Å². The zero-order chi connectivity index (χ0) is 19.7. The molecule has 6 nitrogen and oxygen atoms in total. The zero-order valence-corrected chi connectivity index (χ0v) is 16.5. The van der Waals surface area contributed by atoms with Gasteiger partial charge in [0.25, 0.3) is 0 Å². The van der Waals surface area contributed by atoms with Crippen molar-refractivity contribution >= 4 is 22.3 Å². The molecule has 1 unspecified atom stereocenters. The molecular weight excluding hydrogens is 352 g/mol. The third-order valence-electron chi connectivity index (χ3n) is 4.96. The fourth-order valence-electron chi connectivity index (χ4n) is 3.79. The molecule has 2 aromatic heterocycles. The highest BCUT2D eigenvalue weighted by molar-refractivity contribution is 5.98. The van der Waals surface area contributed by atoms with Crippen LogP contribution in [0.15, 0.2) is 42.7 Å². The van der Waals surface area contributed by atoms with Gasteiger partial charge in [-0.3, -0.25) is 0 Å². The van der Waals surface area contributed by atoms with Gasteiger partial charge in [-0.05, 0) is 43.2 Å². The highest BCUT2D eigenvalue weighted by atomic mass is 16.5. The van der Waals surface area contributed by atoms with Crippen molar-refractivity contribution in [2.24, 2.45) is 0 Å².